The highest BCUT2D eigenvalue weighted by molar-refractivity contribution is 5.89. The molecule has 0 radical (unpaired) electrons. The average molecular weight is 357 g/mol. The molecule has 2 aromatic rings. The van der Waals surface area contributed by atoms with E-state index < -0.39 is 0 Å². The lowest BCUT2D eigenvalue weighted by molar-refractivity contribution is 0.0600. The van der Waals surface area contributed by atoms with Crippen LogP contribution in [0.2, 0.25) is 0 Å². The van der Waals surface area contributed by atoms with Gasteiger partial charge in [0.15, 0.2) is 0 Å². The van der Waals surface area contributed by atoms with E-state index in [1.807, 2.05) is 12.1 Å². The second-order valence-corrected chi connectivity index (χ2v) is 7.67. The number of benzene rings is 2. The number of carbonyl (C=O) groups excluding carboxylic acids is 1. The van der Waals surface area contributed by atoms with Gasteiger partial charge in [-0.2, -0.15) is 0 Å². The summed E-state index contributed by atoms with van der Waals surface area (Å²) in [5.41, 5.74) is 7.56. The number of hydrogen-bond acceptors (Lipinski definition) is 3. The number of para-hydroxylation sites is 1. The van der Waals surface area contributed by atoms with Crippen LogP contribution in [0.1, 0.15) is 52.7 Å². The Balaban J connectivity index is 1.57. The highest BCUT2D eigenvalue weighted by Crippen LogP contribution is 2.54. The summed E-state index contributed by atoms with van der Waals surface area (Å²) in [6, 6.07) is 16.9. The number of anilines is 1. The molecule has 1 N–H and O–H groups in total. The molecule has 1 heterocycles. The molecule has 3 aliphatic rings. The van der Waals surface area contributed by atoms with Crippen molar-refractivity contribution in [3.8, 4) is 0 Å². The number of rotatable bonds is 2. The first kappa shape index (κ1) is 16.4. The third-order valence-electron chi connectivity index (χ3n) is 6.31. The molecule has 0 aromatic heterocycles. The number of esters is 1. The Hall–Kier alpha value is -2.81. The van der Waals surface area contributed by atoms with Crippen molar-refractivity contribution < 1.29 is 9.53 Å². The summed E-state index contributed by atoms with van der Waals surface area (Å²) in [4.78, 5) is 11.8. The maximum absolute atomic E-state index is 11.8. The van der Waals surface area contributed by atoms with Crippen LogP contribution in [-0.4, -0.2) is 13.1 Å². The minimum Gasteiger partial charge on any atom is -0.465 e. The zero-order valence-electron chi connectivity index (χ0n) is 15.4. The molecule has 0 spiro atoms. The molecule has 0 unspecified atom stereocenters. The lowest BCUT2D eigenvalue weighted by Crippen LogP contribution is -2.32. The summed E-state index contributed by atoms with van der Waals surface area (Å²) in [5.74, 6) is 0.682. The highest BCUT2D eigenvalue weighted by atomic mass is 16.5. The predicted octanol–water partition coefficient (Wildman–Crippen LogP) is 5.39. The summed E-state index contributed by atoms with van der Waals surface area (Å²) >= 11 is 0. The van der Waals surface area contributed by atoms with Gasteiger partial charge in [0.2, 0.25) is 0 Å². The first-order chi connectivity index (χ1) is 13.3. The number of methoxy groups -OCH3 is 1. The highest BCUT2D eigenvalue weighted by Gasteiger charge is 2.41. The molecule has 5 rings (SSSR count). The van der Waals surface area contributed by atoms with Crippen molar-refractivity contribution in [3.63, 3.8) is 0 Å². The molecule has 0 fully saturated rings. The molecule has 2 aliphatic carbocycles. The van der Waals surface area contributed by atoms with Crippen LogP contribution >= 0.6 is 0 Å². The van der Waals surface area contributed by atoms with E-state index >= 15 is 0 Å². The van der Waals surface area contributed by atoms with E-state index in [1.54, 1.807) is 5.57 Å². The molecular weight excluding hydrogens is 334 g/mol. The van der Waals surface area contributed by atoms with Crippen molar-refractivity contribution in [3.05, 3.63) is 88.5 Å². The van der Waals surface area contributed by atoms with Gasteiger partial charge < -0.3 is 10.1 Å². The fourth-order valence-electron chi connectivity index (χ4n) is 4.96. The SMILES string of the molecule is COC(=O)c1ccc([C@H]2Nc3ccccc3[C@H]3C4=C(C=C4)CCC[C@@H]23)cc1. The Morgan fingerprint density at radius 1 is 1.07 bits per heavy atom. The average Bonchev–Trinajstić information content (AvgIpc) is 2.83. The first-order valence-electron chi connectivity index (χ1n) is 9.71. The molecule has 1 aliphatic heterocycles. The van der Waals surface area contributed by atoms with Crippen LogP contribution in [0.3, 0.4) is 0 Å². The zero-order valence-corrected chi connectivity index (χ0v) is 15.4. The van der Waals surface area contributed by atoms with Crippen LogP contribution in [0.25, 0.3) is 0 Å². The van der Waals surface area contributed by atoms with E-state index in [4.69, 9.17) is 4.74 Å². The number of hydrogen-bond donors (Lipinski definition) is 1. The maximum Gasteiger partial charge on any atom is 0.337 e. The van der Waals surface area contributed by atoms with Crippen molar-refractivity contribution in [2.75, 3.05) is 12.4 Å². The summed E-state index contributed by atoms with van der Waals surface area (Å²) < 4.78 is 4.84. The van der Waals surface area contributed by atoms with Crippen LogP contribution in [-0.2, 0) is 4.74 Å². The number of carbonyl (C=O) groups is 1. The second kappa shape index (κ2) is 6.41. The van der Waals surface area contributed by atoms with E-state index in [0.717, 1.165) is 0 Å². The number of nitrogens with one attached hydrogen (secondary N) is 1. The van der Waals surface area contributed by atoms with Gasteiger partial charge in [-0.1, -0.05) is 42.5 Å². The van der Waals surface area contributed by atoms with Gasteiger partial charge in [0.05, 0.1) is 18.7 Å². The van der Waals surface area contributed by atoms with E-state index in [9.17, 15) is 4.79 Å². The van der Waals surface area contributed by atoms with Gasteiger partial charge in [0.1, 0.15) is 0 Å². The van der Waals surface area contributed by atoms with Crippen LogP contribution in [0.15, 0.2) is 71.8 Å². The molecule has 0 saturated carbocycles. The molecule has 27 heavy (non-hydrogen) atoms. The van der Waals surface area contributed by atoms with E-state index in [-0.39, 0.29) is 12.0 Å². The molecule has 0 amide bonds. The van der Waals surface area contributed by atoms with Crippen molar-refractivity contribution in [1.82, 2.24) is 0 Å². The fraction of sp³-hybridized carbons (Fsp3) is 0.292. The summed E-state index contributed by atoms with van der Waals surface area (Å²) in [6.45, 7) is 0. The molecule has 0 saturated heterocycles. The van der Waals surface area contributed by atoms with Crippen LogP contribution in [0.4, 0.5) is 5.69 Å². The molecule has 3 atom stereocenters. The van der Waals surface area contributed by atoms with Gasteiger partial charge in [0.25, 0.3) is 0 Å². The molecular formula is C24H23NO2. The van der Waals surface area contributed by atoms with Crippen LogP contribution in [0, 0.1) is 5.92 Å². The summed E-state index contributed by atoms with van der Waals surface area (Å²) in [7, 11) is 1.42. The van der Waals surface area contributed by atoms with Gasteiger partial charge in [-0.15, -0.1) is 0 Å². The summed E-state index contributed by atoms with van der Waals surface area (Å²) in [5, 5.41) is 3.80. The van der Waals surface area contributed by atoms with Gasteiger partial charge in [0, 0.05) is 11.6 Å². The van der Waals surface area contributed by atoms with Gasteiger partial charge in [-0.05, 0) is 65.7 Å². The van der Waals surface area contributed by atoms with Crippen molar-refractivity contribution in [2.45, 2.75) is 31.2 Å². The maximum atomic E-state index is 11.8. The lowest BCUT2D eigenvalue weighted by Gasteiger charge is -2.42. The van der Waals surface area contributed by atoms with Crippen LogP contribution < -0.4 is 5.32 Å². The summed E-state index contributed by atoms with van der Waals surface area (Å²) in [6.07, 6.45) is 8.23. The molecule has 3 heteroatoms. The molecule has 136 valence electrons. The molecule has 3 nitrogen and oxygen atoms in total. The van der Waals surface area contributed by atoms with Crippen molar-refractivity contribution in [2.24, 2.45) is 5.92 Å². The first-order valence-corrected chi connectivity index (χ1v) is 9.71. The van der Waals surface area contributed by atoms with Gasteiger partial charge in [-0.3, -0.25) is 0 Å². The zero-order chi connectivity index (χ0) is 18.4. The van der Waals surface area contributed by atoms with Gasteiger partial charge >= 0.3 is 5.97 Å². The third kappa shape index (κ3) is 2.61. The van der Waals surface area contributed by atoms with Crippen LogP contribution in [0.5, 0.6) is 0 Å². The van der Waals surface area contributed by atoms with Crippen molar-refractivity contribution in [1.29, 1.82) is 0 Å². The minimum atomic E-state index is -0.287. The largest absolute Gasteiger partial charge is 0.465 e. The standard InChI is InChI=1S/C24H23NO2/c1-27-24(26)17-11-9-16(10-12-17)23-20-7-4-5-15-13-14-18(15)22(20)19-6-2-3-8-21(19)25-23/h2-3,6,8-14,20,22-23,25H,4-5,7H2,1H3/t20-,22-,23-/m1/s1. The molecule has 0 bridgehead atoms. The number of allylic oxidation sites excluding steroid dienone is 4. The lowest BCUT2D eigenvalue weighted by atomic mass is 9.69. The topological polar surface area (TPSA) is 38.3 Å². The van der Waals surface area contributed by atoms with E-state index in [2.05, 4.69) is 53.9 Å². The Morgan fingerprint density at radius 3 is 2.63 bits per heavy atom. The Labute approximate surface area is 159 Å². The smallest absolute Gasteiger partial charge is 0.337 e. The predicted molar refractivity (Wildman–Crippen MR) is 107 cm³/mol. The number of fused-ring (bicyclic) bond motifs is 4. The third-order valence-corrected chi connectivity index (χ3v) is 6.31. The van der Waals surface area contributed by atoms with E-state index in [0.29, 0.717) is 17.4 Å². The fourth-order valence-corrected chi connectivity index (χ4v) is 4.96. The molecule has 2 aromatic carbocycles. The van der Waals surface area contributed by atoms with E-state index in [1.165, 1.54) is 48.8 Å². The Morgan fingerprint density at radius 2 is 1.89 bits per heavy atom. The van der Waals surface area contributed by atoms with Crippen molar-refractivity contribution >= 4 is 11.7 Å². The quantitative estimate of drug-likeness (QED) is 0.732. The second-order valence-electron chi connectivity index (χ2n) is 7.67. The Bertz CT molecular complexity index is 955. The monoisotopic (exact) mass is 357 g/mol. The minimum absolute atomic E-state index is 0.248. The Kier molecular flexibility index (Phi) is 3.89. The van der Waals surface area contributed by atoms with Gasteiger partial charge in [-0.25, -0.2) is 4.79 Å². The number of ether oxygens (including phenoxy) is 1. The normalized spacial score (nSPS) is 25.3.